The lowest BCUT2D eigenvalue weighted by atomic mass is 10.2. The third kappa shape index (κ3) is 4.77. The van der Waals surface area contributed by atoms with Crippen LogP contribution in [0.3, 0.4) is 0 Å². The average molecular weight is 366 g/mol. The van der Waals surface area contributed by atoms with E-state index in [0.717, 1.165) is 31.4 Å². The van der Waals surface area contributed by atoms with Crippen LogP contribution in [0.25, 0.3) is 10.9 Å². The van der Waals surface area contributed by atoms with Gasteiger partial charge in [-0.25, -0.2) is 18.2 Å². The number of hydrogen-bond donors (Lipinski definition) is 1. The maximum atomic E-state index is 11.5. The molecule has 25 heavy (non-hydrogen) atoms. The molecule has 1 saturated heterocycles. The van der Waals surface area contributed by atoms with Gasteiger partial charge in [-0.05, 0) is 18.6 Å². The molecule has 0 aliphatic carbocycles. The molecule has 0 unspecified atom stereocenters. The zero-order valence-corrected chi connectivity index (χ0v) is 15.0. The maximum absolute atomic E-state index is 11.5. The van der Waals surface area contributed by atoms with E-state index >= 15 is 0 Å². The minimum Gasteiger partial charge on any atom is -0.493 e. The molecule has 1 fully saturated rings. The highest BCUT2D eigenvalue weighted by Gasteiger charge is 2.22. The molecule has 1 aliphatic heterocycles. The van der Waals surface area contributed by atoms with E-state index in [2.05, 4.69) is 14.9 Å². The van der Waals surface area contributed by atoms with E-state index in [4.69, 9.17) is 4.74 Å². The number of nitrogens with zero attached hydrogens (tertiary/aromatic N) is 3. The number of ether oxygens (including phenoxy) is 1. The van der Waals surface area contributed by atoms with Gasteiger partial charge in [-0.15, -0.1) is 0 Å². The number of hydrogen-bond acceptors (Lipinski definition) is 6. The molecule has 0 bridgehead atoms. The summed E-state index contributed by atoms with van der Waals surface area (Å²) in [6, 6.07) is 5.51. The van der Waals surface area contributed by atoms with Crippen LogP contribution in [0.4, 0.5) is 0 Å². The van der Waals surface area contributed by atoms with Crippen LogP contribution < -0.4 is 10.4 Å². The van der Waals surface area contributed by atoms with Gasteiger partial charge in [-0.1, -0.05) is 0 Å². The lowest BCUT2D eigenvalue weighted by Crippen LogP contribution is -2.48. The van der Waals surface area contributed by atoms with Gasteiger partial charge in [0.15, 0.2) is 0 Å². The highest BCUT2D eigenvalue weighted by atomic mass is 32.2. The number of rotatable bonds is 6. The van der Waals surface area contributed by atoms with Crippen LogP contribution in [-0.4, -0.2) is 73.2 Å². The second-order valence-corrected chi connectivity index (χ2v) is 8.13. The van der Waals surface area contributed by atoms with E-state index in [0.29, 0.717) is 31.0 Å². The SMILES string of the molecule is CS(=O)(=O)N1CCN(CCCOc2ccc3cnc(=O)[nH]c3c2)CC1. The van der Waals surface area contributed by atoms with Crippen molar-refractivity contribution in [3.05, 3.63) is 34.9 Å². The number of H-pyrrole nitrogens is 1. The van der Waals surface area contributed by atoms with Crippen molar-refractivity contribution in [2.24, 2.45) is 0 Å². The molecule has 2 heterocycles. The average Bonchev–Trinajstić information content (AvgIpc) is 2.58. The van der Waals surface area contributed by atoms with Gasteiger partial charge < -0.3 is 14.6 Å². The van der Waals surface area contributed by atoms with Gasteiger partial charge in [0.1, 0.15) is 5.75 Å². The molecular formula is C16H22N4O4S. The summed E-state index contributed by atoms with van der Waals surface area (Å²) in [6.45, 7) is 4.02. The largest absolute Gasteiger partial charge is 0.493 e. The van der Waals surface area contributed by atoms with Crippen LogP contribution in [0.2, 0.25) is 0 Å². The zero-order valence-electron chi connectivity index (χ0n) is 14.1. The van der Waals surface area contributed by atoms with Crippen molar-refractivity contribution in [3.8, 4) is 5.75 Å². The Labute approximate surface area is 146 Å². The van der Waals surface area contributed by atoms with Crippen molar-refractivity contribution in [2.75, 3.05) is 45.6 Å². The molecule has 0 saturated carbocycles. The molecule has 1 N–H and O–H groups in total. The zero-order chi connectivity index (χ0) is 17.9. The molecule has 0 amide bonds. The first-order chi connectivity index (χ1) is 11.9. The first-order valence-electron chi connectivity index (χ1n) is 8.21. The van der Waals surface area contributed by atoms with Crippen molar-refractivity contribution < 1.29 is 13.2 Å². The van der Waals surface area contributed by atoms with Gasteiger partial charge in [-0.3, -0.25) is 0 Å². The molecule has 1 aliphatic rings. The van der Waals surface area contributed by atoms with E-state index in [-0.39, 0.29) is 5.69 Å². The summed E-state index contributed by atoms with van der Waals surface area (Å²) in [5, 5.41) is 0.857. The molecule has 2 aromatic rings. The van der Waals surface area contributed by atoms with Crippen molar-refractivity contribution >= 4 is 20.9 Å². The predicted octanol–water partition coefficient (Wildman–Crippen LogP) is 0.269. The molecule has 0 radical (unpaired) electrons. The normalized spacial score (nSPS) is 17.0. The molecule has 0 spiro atoms. The monoisotopic (exact) mass is 366 g/mol. The molecule has 3 rings (SSSR count). The second-order valence-electron chi connectivity index (χ2n) is 6.14. The maximum Gasteiger partial charge on any atom is 0.345 e. The molecule has 9 heteroatoms. The van der Waals surface area contributed by atoms with Gasteiger partial charge >= 0.3 is 5.69 Å². The summed E-state index contributed by atoms with van der Waals surface area (Å²) in [7, 11) is -3.08. The Morgan fingerprint density at radius 3 is 2.72 bits per heavy atom. The fraction of sp³-hybridized carbons (Fsp3) is 0.500. The Bertz CT molecular complexity index is 888. The fourth-order valence-electron chi connectivity index (χ4n) is 2.88. The Hall–Kier alpha value is -1.97. The second kappa shape index (κ2) is 7.51. The number of nitrogens with one attached hydrogen (secondary N) is 1. The van der Waals surface area contributed by atoms with Crippen molar-refractivity contribution in [2.45, 2.75) is 6.42 Å². The smallest absolute Gasteiger partial charge is 0.345 e. The third-order valence-electron chi connectivity index (χ3n) is 4.27. The third-order valence-corrected chi connectivity index (χ3v) is 5.58. The first-order valence-corrected chi connectivity index (χ1v) is 10.1. The molecule has 0 atom stereocenters. The summed E-state index contributed by atoms with van der Waals surface area (Å²) in [5.74, 6) is 0.705. The highest BCUT2D eigenvalue weighted by Crippen LogP contribution is 2.17. The van der Waals surface area contributed by atoms with E-state index in [1.807, 2.05) is 12.1 Å². The topological polar surface area (TPSA) is 95.6 Å². The predicted molar refractivity (Wildman–Crippen MR) is 95.3 cm³/mol. The number of fused-ring (bicyclic) bond motifs is 1. The molecule has 8 nitrogen and oxygen atoms in total. The quantitative estimate of drug-likeness (QED) is 0.738. The van der Waals surface area contributed by atoms with E-state index < -0.39 is 10.0 Å². The Balaban J connectivity index is 1.44. The van der Waals surface area contributed by atoms with E-state index in [1.165, 1.54) is 16.8 Å². The minimum atomic E-state index is -3.08. The number of aromatic amines is 1. The Kier molecular flexibility index (Phi) is 5.36. The number of sulfonamides is 1. The lowest BCUT2D eigenvalue weighted by Gasteiger charge is -2.33. The summed E-state index contributed by atoms with van der Waals surface area (Å²) in [6.07, 6.45) is 3.64. The van der Waals surface area contributed by atoms with Gasteiger partial charge in [-0.2, -0.15) is 4.31 Å². The highest BCUT2D eigenvalue weighted by molar-refractivity contribution is 7.88. The van der Waals surface area contributed by atoms with Gasteiger partial charge in [0.05, 0.1) is 18.4 Å². The van der Waals surface area contributed by atoms with Gasteiger partial charge in [0, 0.05) is 50.4 Å². The summed E-state index contributed by atoms with van der Waals surface area (Å²) < 4.78 is 30.2. The van der Waals surface area contributed by atoms with Crippen LogP contribution in [0.15, 0.2) is 29.2 Å². The summed E-state index contributed by atoms with van der Waals surface area (Å²) in [4.78, 5) is 19.9. The van der Waals surface area contributed by atoms with E-state index in [1.54, 1.807) is 6.07 Å². The molecular weight excluding hydrogens is 344 g/mol. The van der Waals surface area contributed by atoms with Crippen molar-refractivity contribution in [1.29, 1.82) is 0 Å². The van der Waals surface area contributed by atoms with Crippen LogP contribution in [-0.2, 0) is 10.0 Å². The standard InChI is InChI=1S/C16H22N4O4S/c1-25(22,23)20-8-6-19(7-9-20)5-2-10-24-14-4-3-13-12-17-16(21)18-15(13)11-14/h3-4,11-12H,2,5-10H2,1H3,(H,17,18,21). The Morgan fingerprint density at radius 2 is 2.00 bits per heavy atom. The van der Waals surface area contributed by atoms with Gasteiger partial charge in [0.25, 0.3) is 0 Å². The van der Waals surface area contributed by atoms with Crippen molar-refractivity contribution in [1.82, 2.24) is 19.2 Å². The van der Waals surface area contributed by atoms with E-state index in [9.17, 15) is 13.2 Å². The minimum absolute atomic E-state index is 0.377. The lowest BCUT2D eigenvalue weighted by molar-refractivity contribution is 0.175. The first kappa shape index (κ1) is 17.8. The van der Waals surface area contributed by atoms with Gasteiger partial charge in [0.2, 0.25) is 10.0 Å². The molecule has 1 aromatic carbocycles. The number of piperazine rings is 1. The molecule has 136 valence electrons. The number of benzene rings is 1. The van der Waals surface area contributed by atoms with Crippen LogP contribution in [0.1, 0.15) is 6.42 Å². The number of aromatic nitrogens is 2. The fourth-order valence-corrected chi connectivity index (χ4v) is 3.71. The van der Waals surface area contributed by atoms with Crippen molar-refractivity contribution in [3.63, 3.8) is 0 Å². The van der Waals surface area contributed by atoms with Crippen LogP contribution in [0.5, 0.6) is 5.75 Å². The summed E-state index contributed by atoms with van der Waals surface area (Å²) in [5.41, 5.74) is 0.326. The molecule has 1 aromatic heterocycles. The summed E-state index contributed by atoms with van der Waals surface area (Å²) >= 11 is 0. The Morgan fingerprint density at radius 1 is 1.24 bits per heavy atom. The van der Waals surface area contributed by atoms with Crippen LogP contribution in [0, 0.1) is 0 Å². The van der Waals surface area contributed by atoms with Crippen LogP contribution >= 0.6 is 0 Å².